The summed E-state index contributed by atoms with van der Waals surface area (Å²) in [5.74, 6) is -2.18. The van der Waals surface area contributed by atoms with Gasteiger partial charge in [0.2, 0.25) is 11.8 Å². The fourth-order valence-corrected chi connectivity index (χ4v) is 5.94. The summed E-state index contributed by atoms with van der Waals surface area (Å²) in [5, 5.41) is 3.95. The minimum atomic E-state index is -1.21. The van der Waals surface area contributed by atoms with Crippen molar-refractivity contribution in [2.75, 3.05) is 13.7 Å². The van der Waals surface area contributed by atoms with Crippen molar-refractivity contribution in [3.8, 4) is 0 Å². The van der Waals surface area contributed by atoms with Crippen LogP contribution in [0.15, 0.2) is 29.2 Å². The van der Waals surface area contributed by atoms with E-state index in [1.165, 1.54) is 12.0 Å². The summed E-state index contributed by atoms with van der Waals surface area (Å²) in [4.78, 5) is 42.1. The Morgan fingerprint density at radius 1 is 1.16 bits per heavy atom. The molecule has 0 aromatic heterocycles. The first kappa shape index (κ1) is 23.8. The van der Waals surface area contributed by atoms with Gasteiger partial charge in [0.1, 0.15) is 5.54 Å². The molecule has 0 spiro atoms. The third kappa shape index (κ3) is 4.14. The zero-order valence-electron chi connectivity index (χ0n) is 19.3. The van der Waals surface area contributed by atoms with Gasteiger partial charge in [-0.3, -0.25) is 24.6 Å². The number of nitrogens with one attached hydrogen (secondary N) is 1. The average Bonchev–Trinajstić information content (AvgIpc) is 3.21. The van der Waals surface area contributed by atoms with Crippen molar-refractivity contribution in [3.63, 3.8) is 0 Å². The van der Waals surface area contributed by atoms with Gasteiger partial charge in [-0.15, -0.1) is 11.8 Å². The van der Waals surface area contributed by atoms with Crippen molar-refractivity contribution in [2.45, 2.75) is 69.2 Å². The van der Waals surface area contributed by atoms with E-state index >= 15 is 0 Å². The molecule has 2 saturated heterocycles. The normalized spacial score (nSPS) is 28.9. The molecule has 2 aliphatic heterocycles. The number of ether oxygens (including phenoxy) is 1. The van der Waals surface area contributed by atoms with Gasteiger partial charge in [-0.1, -0.05) is 39.8 Å². The quantitative estimate of drug-likeness (QED) is 0.372. The van der Waals surface area contributed by atoms with E-state index in [1.54, 1.807) is 6.92 Å². The highest BCUT2D eigenvalue weighted by Crippen LogP contribution is 2.51. The third-order valence-electron chi connectivity index (χ3n) is 6.49. The number of rotatable bonds is 8. The third-order valence-corrected chi connectivity index (χ3v) is 7.77. The Kier molecular flexibility index (Phi) is 7.16. The number of benzene rings is 1. The number of fused-ring (bicyclic) bond motifs is 1. The Morgan fingerprint density at radius 2 is 1.81 bits per heavy atom. The van der Waals surface area contributed by atoms with Gasteiger partial charge >= 0.3 is 5.97 Å². The van der Waals surface area contributed by atoms with E-state index in [-0.39, 0.29) is 17.7 Å². The predicted octanol–water partition coefficient (Wildman–Crippen LogP) is 3.80. The summed E-state index contributed by atoms with van der Waals surface area (Å²) < 4.78 is 5.17. The molecule has 1 aromatic rings. The lowest BCUT2D eigenvalue weighted by Gasteiger charge is -2.33. The topological polar surface area (TPSA) is 75.7 Å². The maximum absolute atomic E-state index is 13.3. The Hall–Kier alpha value is -1.86. The second-order valence-corrected chi connectivity index (χ2v) is 10.5. The highest BCUT2D eigenvalue weighted by atomic mass is 32.2. The molecule has 2 heterocycles. The monoisotopic (exact) mass is 446 g/mol. The van der Waals surface area contributed by atoms with E-state index in [0.717, 1.165) is 16.9 Å². The number of methoxy groups -OCH3 is 1. The minimum Gasteiger partial charge on any atom is -0.468 e. The van der Waals surface area contributed by atoms with Crippen LogP contribution in [0, 0.1) is 17.8 Å². The second-order valence-electron chi connectivity index (χ2n) is 9.01. The number of amides is 2. The van der Waals surface area contributed by atoms with Crippen LogP contribution in [0.1, 0.15) is 59.1 Å². The molecular formula is C24H34N2O4S. The lowest BCUT2D eigenvalue weighted by atomic mass is 9.75. The molecule has 2 fully saturated rings. The average molecular weight is 447 g/mol. The minimum absolute atomic E-state index is 0.138. The van der Waals surface area contributed by atoms with Crippen LogP contribution < -0.4 is 5.32 Å². The highest BCUT2D eigenvalue weighted by Gasteiger charge is 2.68. The molecule has 0 saturated carbocycles. The SMILES string of the molecule is CCC(C)Sc1ccc([C@H]2N[C@@](CC(C)C)(C(=O)OC)[C@H]3C(=O)N(CC)C(=O)[C@@H]23)cc1. The Bertz CT molecular complexity index is 840. The summed E-state index contributed by atoms with van der Waals surface area (Å²) in [6, 6.07) is 7.71. The molecule has 0 aliphatic carbocycles. The number of imide groups is 1. The molecule has 2 aliphatic rings. The van der Waals surface area contributed by atoms with Gasteiger partial charge in [0.15, 0.2) is 0 Å². The smallest absolute Gasteiger partial charge is 0.326 e. The number of nitrogens with zero attached hydrogens (tertiary/aromatic N) is 1. The number of carbonyl (C=O) groups excluding carboxylic acids is 3. The van der Waals surface area contributed by atoms with E-state index < -0.39 is 29.4 Å². The zero-order chi connectivity index (χ0) is 22.9. The van der Waals surface area contributed by atoms with Gasteiger partial charge in [0, 0.05) is 22.7 Å². The van der Waals surface area contributed by atoms with Crippen LogP contribution in [-0.2, 0) is 19.1 Å². The number of carbonyl (C=O) groups is 3. The van der Waals surface area contributed by atoms with Crippen LogP contribution in [0.2, 0.25) is 0 Å². The van der Waals surface area contributed by atoms with Crippen LogP contribution in [0.4, 0.5) is 0 Å². The molecular weight excluding hydrogens is 412 g/mol. The first-order chi connectivity index (χ1) is 14.7. The van der Waals surface area contributed by atoms with Crippen molar-refractivity contribution in [3.05, 3.63) is 29.8 Å². The van der Waals surface area contributed by atoms with E-state index in [9.17, 15) is 14.4 Å². The van der Waals surface area contributed by atoms with E-state index in [2.05, 4.69) is 31.3 Å². The van der Waals surface area contributed by atoms with Gasteiger partial charge < -0.3 is 4.74 Å². The lowest BCUT2D eigenvalue weighted by Crippen LogP contribution is -2.57. The van der Waals surface area contributed by atoms with Crippen molar-refractivity contribution >= 4 is 29.5 Å². The van der Waals surface area contributed by atoms with Gasteiger partial charge in [-0.05, 0) is 43.4 Å². The summed E-state index contributed by atoms with van der Waals surface area (Å²) in [5.41, 5.74) is -0.295. The van der Waals surface area contributed by atoms with E-state index in [4.69, 9.17) is 4.74 Å². The summed E-state index contributed by atoms with van der Waals surface area (Å²) >= 11 is 1.81. The maximum atomic E-state index is 13.3. The molecule has 5 atom stereocenters. The molecule has 7 heteroatoms. The highest BCUT2D eigenvalue weighted by molar-refractivity contribution is 7.99. The summed E-state index contributed by atoms with van der Waals surface area (Å²) in [7, 11) is 1.34. The standard InChI is InChI=1S/C24H34N2O4S/c1-7-15(5)31-17-11-9-16(10-12-17)20-18-19(22(28)26(8-2)21(18)27)24(25-20,13-14(3)4)23(29)30-6/h9-12,14-15,18-20,25H,7-8,13H2,1-6H3/t15?,18-,19-,20-,24-/m1/s1. The van der Waals surface area contributed by atoms with Crippen molar-refractivity contribution < 1.29 is 19.1 Å². The van der Waals surface area contributed by atoms with Crippen molar-refractivity contribution in [1.29, 1.82) is 0 Å². The maximum Gasteiger partial charge on any atom is 0.326 e. The van der Waals surface area contributed by atoms with Gasteiger partial charge in [-0.25, -0.2) is 0 Å². The van der Waals surface area contributed by atoms with Crippen molar-refractivity contribution in [2.24, 2.45) is 17.8 Å². The van der Waals surface area contributed by atoms with Crippen LogP contribution in [0.25, 0.3) is 0 Å². The summed E-state index contributed by atoms with van der Waals surface area (Å²) in [6.07, 6.45) is 1.51. The number of hydrogen-bond donors (Lipinski definition) is 1. The second kappa shape index (κ2) is 9.33. The van der Waals surface area contributed by atoms with Crippen LogP contribution >= 0.6 is 11.8 Å². The molecule has 31 heavy (non-hydrogen) atoms. The first-order valence-corrected chi connectivity index (χ1v) is 12.1. The molecule has 1 unspecified atom stereocenters. The number of hydrogen-bond acceptors (Lipinski definition) is 6. The largest absolute Gasteiger partial charge is 0.468 e. The van der Waals surface area contributed by atoms with Crippen LogP contribution in [-0.4, -0.2) is 47.1 Å². The number of likely N-dealkylation sites (tertiary alicyclic amines) is 1. The van der Waals surface area contributed by atoms with Crippen molar-refractivity contribution in [1.82, 2.24) is 10.2 Å². The molecule has 0 bridgehead atoms. The van der Waals surface area contributed by atoms with E-state index in [0.29, 0.717) is 18.2 Å². The Labute approximate surface area is 189 Å². The molecule has 0 radical (unpaired) electrons. The fourth-order valence-electron chi connectivity index (χ4n) is 5.01. The molecule has 1 aromatic carbocycles. The first-order valence-electron chi connectivity index (χ1n) is 11.2. The molecule has 1 N–H and O–H groups in total. The fraction of sp³-hybridized carbons (Fsp3) is 0.625. The van der Waals surface area contributed by atoms with E-state index in [1.807, 2.05) is 37.7 Å². The molecule has 2 amide bonds. The number of esters is 1. The lowest BCUT2D eigenvalue weighted by molar-refractivity contribution is -0.155. The molecule has 3 rings (SSSR count). The van der Waals surface area contributed by atoms with Gasteiger partial charge in [0.05, 0.1) is 18.9 Å². The zero-order valence-corrected chi connectivity index (χ0v) is 20.1. The number of thioether (sulfide) groups is 1. The molecule has 170 valence electrons. The van der Waals surface area contributed by atoms with Gasteiger partial charge in [-0.2, -0.15) is 0 Å². The predicted molar refractivity (Wildman–Crippen MR) is 122 cm³/mol. The van der Waals surface area contributed by atoms with Crippen LogP contribution in [0.3, 0.4) is 0 Å². The molecule has 6 nitrogen and oxygen atoms in total. The Morgan fingerprint density at radius 3 is 2.32 bits per heavy atom. The Balaban J connectivity index is 2.04. The summed E-state index contributed by atoms with van der Waals surface area (Å²) in [6.45, 7) is 10.5. The van der Waals surface area contributed by atoms with Gasteiger partial charge in [0.25, 0.3) is 0 Å². The van der Waals surface area contributed by atoms with Crippen LogP contribution in [0.5, 0.6) is 0 Å².